The van der Waals surface area contributed by atoms with Crippen LogP contribution in [0.3, 0.4) is 0 Å². The molecule has 1 unspecified atom stereocenters. The molecule has 0 aliphatic rings. The summed E-state index contributed by atoms with van der Waals surface area (Å²) in [6, 6.07) is 3.56. The second kappa shape index (κ2) is 5.10. The van der Waals surface area contributed by atoms with E-state index in [0.29, 0.717) is 16.5 Å². The van der Waals surface area contributed by atoms with Gasteiger partial charge in [-0.1, -0.05) is 17.7 Å². The molecule has 0 aromatic heterocycles. The first kappa shape index (κ1) is 12.0. The van der Waals surface area contributed by atoms with Gasteiger partial charge in [-0.05, 0) is 47.3 Å². The van der Waals surface area contributed by atoms with Crippen molar-refractivity contribution in [1.29, 1.82) is 0 Å². The van der Waals surface area contributed by atoms with Crippen molar-refractivity contribution in [2.24, 2.45) is 5.73 Å². The number of halogens is 3. The van der Waals surface area contributed by atoms with Crippen LogP contribution in [0.5, 0.6) is 0 Å². The Bertz CT molecular complexity index is 328. The Labute approximate surface area is 96.6 Å². The van der Waals surface area contributed by atoms with Gasteiger partial charge in [0, 0.05) is 10.5 Å². The molecule has 4 heteroatoms. The quantitative estimate of drug-likeness (QED) is 0.842. The standard InChI is InChI=1S/C10H12BrClFN/c1-6(14)2-3-7-4-5-8(11)9(12)10(7)13/h4-6H,2-3,14H2,1H3. The minimum atomic E-state index is -0.346. The maximum atomic E-state index is 13.5. The highest BCUT2D eigenvalue weighted by Crippen LogP contribution is 2.28. The first-order valence-corrected chi connectivity index (χ1v) is 5.57. The number of hydrogen-bond donors (Lipinski definition) is 1. The lowest BCUT2D eigenvalue weighted by molar-refractivity contribution is 0.590. The third-order valence-corrected chi connectivity index (χ3v) is 3.24. The van der Waals surface area contributed by atoms with Crippen molar-refractivity contribution in [3.8, 4) is 0 Å². The van der Waals surface area contributed by atoms with Crippen LogP contribution >= 0.6 is 27.5 Å². The zero-order chi connectivity index (χ0) is 10.7. The predicted molar refractivity (Wildman–Crippen MR) is 61.1 cm³/mol. The molecule has 0 aliphatic heterocycles. The summed E-state index contributed by atoms with van der Waals surface area (Å²) in [5, 5.41) is 0.146. The summed E-state index contributed by atoms with van der Waals surface area (Å²) in [6.45, 7) is 1.90. The third kappa shape index (κ3) is 2.94. The summed E-state index contributed by atoms with van der Waals surface area (Å²) in [5.74, 6) is -0.346. The molecule has 1 aromatic carbocycles. The molecule has 14 heavy (non-hydrogen) atoms. The zero-order valence-electron chi connectivity index (χ0n) is 7.86. The largest absolute Gasteiger partial charge is 0.328 e. The van der Waals surface area contributed by atoms with E-state index in [1.165, 1.54) is 0 Å². The van der Waals surface area contributed by atoms with Crippen LogP contribution in [0.2, 0.25) is 5.02 Å². The summed E-state index contributed by atoms with van der Waals surface area (Å²) >= 11 is 8.91. The SMILES string of the molecule is CC(N)CCc1ccc(Br)c(Cl)c1F. The number of aryl methyl sites for hydroxylation is 1. The van der Waals surface area contributed by atoms with E-state index in [1.807, 2.05) is 6.92 Å². The van der Waals surface area contributed by atoms with Crippen LogP contribution in [0, 0.1) is 5.82 Å². The van der Waals surface area contributed by atoms with Crippen LogP contribution in [0.1, 0.15) is 18.9 Å². The van der Waals surface area contributed by atoms with Gasteiger partial charge < -0.3 is 5.73 Å². The van der Waals surface area contributed by atoms with Crippen LogP contribution in [0.15, 0.2) is 16.6 Å². The van der Waals surface area contributed by atoms with Gasteiger partial charge in [0.05, 0.1) is 5.02 Å². The summed E-state index contributed by atoms with van der Waals surface area (Å²) in [4.78, 5) is 0. The van der Waals surface area contributed by atoms with E-state index in [0.717, 1.165) is 6.42 Å². The second-order valence-corrected chi connectivity index (χ2v) is 4.58. The second-order valence-electron chi connectivity index (χ2n) is 3.35. The lowest BCUT2D eigenvalue weighted by atomic mass is 10.1. The smallest absolute Gasteiger partial charge is 0.146 e. The molecule has 0 saturated heterocycles. The highest BCUT2D eigenvalue weighted by atomic mass is 79.9. The molecule has 78 valence electrons. The van der Waals surface area contributed by atoms with E-state index < -0.39 is 0 Å². The Morgan fingerprint density at radius 3 is 2.79 bits per heavy atom. The molecule has 0 heterocycles. The third-order valence-electron chi connectivity index (χ3n) is 1.98. The Hall–Kier alpha value is -0.120. The first-order valence-electron chi connectivity index (χ1n) is 4.40. The molecule has 0 amide bonds. The number of rotatable bonds is 3. The Morgan fingerprint density at radius 2 is 2.21 bits per heavy atom. The zero-order valence-corrected chi connectivity index (χ0v) is 10.2. The van der Waals surface area contributed by atoms with Crippen molar-refractivity contribution in [2.75, 3.05) is 0 Å². The minimum Gasteiger partial charge on any atom is -0.328 e. The molecule has 0 fully saturated rings. The van der Waals surface area contributed by atoms with E-state index in [4.69, 9.17) is 17.3 Å². The fourth-order valence-corrected chi connectivity index (χ4v) is 1.63. The van der Waals surface area contributed by atoms with E-state index in [9.17, 15) is 4.39 Å². The lowest BCUT2D eigenvalue weighted by Gasteiger charge is -2.07. The molecule has 0 radical (unpaired) electrons. The molecule has 0 bridgehead atoms. The number of nitrogens with two attached hydrogens (primary N) is 1. The van der Waals surface area contributed by atoms with Crippen LogP contribution < -0.4 is 5.73 Å². The van der Waals surface area contributed by atoms with Gasteiger partial charge in [0.15, 0.2) is 0 Å². The average molecular weight is 281 g/mol. The maximum absolute atomic E-state index is 13.5. The van der Waals surface area contributed by atoms with Gasteiger partial charge in [-0.15, -0.1) is 0 Å². The fraction of sp³-hybridized carbons (Fsp3) is 0.400. The van der Waals surface area contributed by atoms with Gasteiger partial charge in [-0.3, -0.25) is 0 Å². The van der Waals surface area contributed by atoms with E-state index in [2.05, 4.69) is 15.9 Å². The Morgan fingerprint density at radius 1 is 1.57 bits per heavy atom. The van der Waals surface area contributed by atoms with E-state index in [-0.39, 0.29) is 16.9 Å². The van der Waals surface area contributed by atoms with Crippen LogP contribution in [-0.4, -0.2) is 6.04 Å². The Balaban J connectivity index is 2.83. The summed E-state index contributed by atoms with van der Waals surface area (Å²) in [7, 11) is 0. The highest BCUT2D eigenvalue weighted by molar-refractivity contribution is 9.10. The Kier molecular flexibility index (Phi) is 4.35. The van der Waals surface area contributed by atoms with Gasteiger partial charge in [-0.25, -0.2) is 4.39 Å². The van der Waals surface area contributed by atoms with Crippen molar-refractivity contribution in [2.45, 2.75) is 25.8 Å². The van der Waals surface area contributed by atoms with Crippen LogP contribution in [0.25, 0.3) is 0 Å². The fourth-order valence-electron chi connectivity index (χ4n) is 1.14. The van der Waals surface area contributed by atoms with E-state index in [1.54, 1.807) is 12.1 Å². The molecule has 1 nitrogen and oxygen atoms in total. The highest BCUT2D eigenvalue weighted by Gasteiger charge is 2.10. The molecule has 0 aliphatic carbocycles. The molecule has 1 atom stereocenters. The monoisotopic (exact) mass is 279 g/mol. The van der Waals surface area contributed by atoms with Crippen molar-refractivity contribution >= 4 is 27.5 Å². The van der Waals surface area contributed by atoms with Crippen molar-refractivity contribution < 1.29 is 4.39 Å². The molecule has 0 spiro atoms. The maximum Gasteiger partial charge on any atom is 0.146 e. The molecule has 1 rings (SSSR count). The molecular formula is C10H12BrClFN. The lowest BCUT2D eigenvalue weighted by Crippen LogP contribution is -2.15. The van der Waals surface area contributed by atoms with E-state index >= 15 is 0 Å². The van der Waals surface area contributed by atoms with Crippen molar-refractivity contribution in [3.05, 3.63) is 33.0 Å². The summed E-state index contributed by atoms with van der Waals surface area (Å²) in [6.07, 6.45) is 1.38. The minimum absolute atomic E-state index is 0.0804. The molecule has 2 N–H and O–H groups in total. The topological polar surface area (TPSA) is 26.0 Å². The van der Waals surface area contributed by atoms with Crippen LogP contribution in [-0.2, 0) is 6.42 Å². The van der Waals surface area contributed by atoms with Gasteiger partial charge in [0.25, 0.3) is 0 Å². The van der Waals surface area contributed by atoms with Gasteiger partial charge >= 0.3 is 0 Å². The first-order chi connectivity index (χ1) is 6.52. The van der Waals surface area contributed by atoms with Crippen LogP contribution in [0.4, 0.5) is 4.39 Å². The molecule has 0 saturated carbocycles. The number of hydrogen-bond acceptors (Lipinski definition) is 1. The number of benzene rings is 1. The summed E-state index contributed by atoms with van der Waals surface area (Å²) < 4.78 is 14.1. The van der Waals surface area contributed by atoms with Gasteiger partial charge in [0.2, 0.25) is 0 Å². The summed E-state index contributed by atoms with van der Waals surface area (Å²) in [5.41, 5.74) is 6.21. The van der Waals surface area contributed by atoms with Gasteiger partial charge in [0.1, 0.15) is 5.82 Å². The van der Waals surface area contributed by atoms with Crippen molar-refractivity contribution in [1.82, 2.24) is 0 Å². The molecular weight excluding hydrogens is 268 g/mol. The van der Waals surface area contributed by atoms with Gasteiger partial charge in [-0.2, -0.15) is 0 Å². The normalized spacial score (nSPS) is 12.9. The van der Waals surface area contributed by atoms with Crippen molar-refractivity contribution in [3.63, 3.8) is 0 Å². The average Bonchev–Trinajstić information content (AvgIpc) is 2.13. The predicted octanol–water partition coefficient (Wildman–Crippen LogP) is 3.52. The molecule has 1 aromatic rings.